The molecule has 134 valence electrons. The number of likely N-dealkylation sites (tertiary alicyclic amines) is 1. The van der Waals surface area contributed by atoms with Crippen LogP contribution in [0.3, 0.4) is 0 Å². The van der Waals surface area contributed by atoms with Crippen LogP contribution in [-0.4, -0.2) is 70.9 Å². The van der Waals surface area contributed by atoms with Crippen LogP contribution in [-0.2, 0) is 6.54 Å². The van der Waals surface area contributed by atoms with Crippen molar-refractivity contribution in [3.8, 4) is 0 Å². The lowest BCUT2D eigenvalue weighted by molar-refractivity contribution is 0.259. The van der Waals surface area contributed by atoms with E-state index in [1.54, 1.807) is 0 Å². The van der Waals surface area contributed by atoms with Gasteiger partial charge in [-0.3, -0.25) is 14.6 Å². The Hall–Kier alpha value is -1.09. The maximum absolute atomic E-state index is 4.80. The monoisotopic (exact) mass is 444 g/mol. The Bertz CT molecular complexity index is 559. The molecule has 0 radical (unpaired) electrons. The largest absolute Gasteiger partial charge is 0.357 e. The molecule has 1 unspecified atom stereocenters. The van der Waals surface area contributed by atoms with Crippen LogP contribution in [0.4, 0.5) is 0 Å². The second kappa shape index (κ2) is 9.41. The summed E-state index contributed by atoms with van der Waals surface area (Å²) in [4.78, 5) is 9.75. The zero-order valence-electron chi connectivity index (χ0n) is 14.7. The number of aromatic nitrogens is 2. The summed E-state index contributed by atoms with van der Waals surface area (Å²) in [7, 11) is 0. The predicted octanol–water partition coefficient (Wildman–Crippen LogP) is 1.72. The van der Waals surface area contributed by atoms with Gasteiger partial charge in [0, 0.05) is 45.0 Å². The molecule has 0 aliphatic carbocycles. The third-order valence-corrected chi connectivity index (χ3v) is 4.51. The zero-order valence-corrected chi connectivity index (χ0v) is 17.0. The van der Waals surface area contributed by atoms with Crippen LogP contribution in [0.5, 0.6) is 0 Å². The molecule has 1 aromatic heterocycles. The van der Waals surface area contributed by atoms with Gasteiger partial charge in [-0.15, -0.1) is 24.0 Å². The molecular weight excluding hydrogens is 415 g/mol. The summed E-state index contributed by atoms with van der Waals surface area (Å²) in [5.41, 5.74) is 1.20. The highest BCUT2D eigenvalue weighted by Gasteiger charge is 2.29. The van der Waals surface area contributed by atoms with Gasteiger partial charge in [0.25, 0.3) is 0 Å². The topological polar surface area (TPSA) is 48.7 Å². The van der Waals surface area contributed by atoms with E-state index in [4.69, 9.17) is 4.99 Å². The molecule has 0 aromatic carbocycles. The number of halogens is 1. The molecule has 0 bridgehead atoms. The van der Waals surface area contributed by atoms with Crippen LogP contribution in [0.1, 0.15) is 18.9 Å². The van der Waals surface area contributed by atoms with Crippen LogP contribution >= 0.6 is 24.0 Å². The SMILES string of the molecule is CCNC(=NCCn1cc(C)cn1)N1CCC(N2CC=CC2)C1.I. The first-order valence-electron chi connectivity index (χ1n) is 8.67. The van der Waals surface area contributed by atoms with Crippen molar-refractivity contribution < 1.29 is 0 Å². The van der Waals surface area contributed by atoms with Gasteiger partial charge < -0.3 is 10.2 Å². The fourth-order valence-electron chi connectivity index (χ4n) is 3.30. The lowest BCUT2D eigenvalue weighted by atomic mass is 10.2. The lowest BCUT2D eigenvalue weighted by Gasteiger charge is -2.25. The van der Waals surface area contributed by atoms with Crippen LogP contribution in [0.15, 0.2) is 29.5 Å². The smallest absolute Gasteiger partial charge is 0.194 e. The van der Waals surface area contributed by atoms with Crippen molar-refractivity contribution in [2.24, 2.45) is 4.99 Å². The van der Waals surface area contributed by atoms with E-state index in [0.717, 1.165) is 51.8 Å². The highest BCUT2D eigenvalue weighted by molar-refractivity contribution is 14.0. The van der Waals surface area contributed by atoms with Crippen molar-refractivity contribution in [1.29, 1.82) is 0 Å². The highest BCUT2D eigenvalue weighted by Crippen LogP contribution is 2.17. The highest BCUT2D eigenvalue weighted by atomic mass is 127. The Morgan fingerprint density at radius 3 is 2.83 bits per heavy atom. The van der Waals surface area contributed by atoms with E-state index >= 15 is 0 Å². The summed E-state index contributed by atoms with van der Waals surface area (Å²) in [5, 5.41) is 7.76. The average molecular weight is 444 g/mol. The van der Waals surface area contributed by atoms with Gasteiger partial charge in [-0.05, 0) is 25.8 Å². The summed E-state index contributed by atoms with van der Waals surface area (Å²) in [6.45, 7) is 11.1. The number of aryl methyl sites for hydroxylation is 1. The normalized spacial score (nSPS) is 21.3. The molecule has 6 nitrogen and oxygen atoms in total. The first-order valence-corrected chi connectivity index (χ1v) is 8.67. The number of hydrogen-bond donors (Lipinski definition) is 1. The number of guanidine groups is 1. The number of rotatable bonds is 5. The summed E-state index contributed by atoms with van der Waals surface area (Å²) >= 11 is 0. The molecule has 0 spiro atoms. The van der Waals surface area contributed by atoms with Gasteiger partial charge in [0.2, 0.25) is 0 Å². The molecular formula is C17H29IN6. The molecule has 2 aliphatic heterocycles. The Morgan fingerprint density at radius 1 is 1.38 bits per heavy atom. The lowest BCUT2D eigenvalue weighted by Crippen LogP contribution is -2.43. The van der Waals surface area contributed by atoms with Gasteiger partial charge in [-0.1, -0.05) is 12.2 Å². The maximum atomic E-state index is 4.80. The van der Waals surface area contributed by atoms with E-state index < -0.39 is 0 Å². The Balaban J connectivity index is 0.00000208. The van der Waals surface area contributed by atoms with Gasteiger partial charge in [-0.25, -0.2) is 0 Å². The quantitative estimate of drug-likeness (QED) is 0.325. The van der Waals surface area contributed by atoms with Crippen LogP contribution in [0.2, 0.25) is 0 Å². The molecule has 3 rings (SSSR count). The van der Waals surface area contributed by atoms with Crippen molar-refractivity contribution >= 4 is 29.9 Å². The van der Waals surface area contributed by atoms with E-state index in [1.807, 2.05) is 10.9 Å². The van der Waals surface area contributed by atoms with Crippen molar-refractivity contribution in [2.75, 3.05) is 39.3 Å². The molecule has 2 aliphatic rings. The average Bonchev–Trinajstić information content (AvgIpc) is 3.27. The predicted molar refractivity (Wildman–Crippen MR) is 109 cm³/mol. The molecule has 24 heavy (non-hydrogen) atoms. The molecule has 3 heterocycles. The Labute approximate surface area is 162 Å². The van der Waals surface area contributed by atoms with Gasteiger partial charge in [-0.2, -0.15) is 5.10 Å². The second-order valence-electron chi connectivity index (χ2n) is 6.33. The van der Waals surface area contributed by atoms with E-state index in [2.05, 4.69) is 52.4 Å². The first-order chi connectivity index (χ1) is 11.3. The Kier molecular flexibility index (Phi) is 7.54. The van der Waals surface area contributed by atoms with Crippen molar-refractivity contribution in [3.05, 3.63) is 30.1 Å². The van der Waals surface area contributed by atoms with E-state index in [-0.39, 0.29) is 24.0 Å². The van der Waals surface area contributed by atoms with Gasteiger partial charge in [0.05, 0.1) is 19.3 Å². The number of nitrogens with zero attached hydrogens (tertiary/aromatic N) is 5. The van der Waals surface area contributed by atoms with E-state index in [0.29, 0.717) is 6.04 Å². The summed E-state index contributed by atoms with van der Waals surface area (Å²) in [6, 6.07) is 0.655. The zero-order chi connectivity index (χ0) is 16.1. The third kappa shape index (κ3) is 4.95. The maximum Gasteiger partial charge on any atom is 0.194 e. The van der Waals surface area contributed by atoms with Crippen LogP contribution in [0, 0.1) is 6.92 Å². The van der Waals surface area contributed by atoms with Gasteiger partial charge in [0.15, 0.2) is 5.96 Å². The molecule has 1 saturated heterocycles. The molecule has 1 fully saturated rings. The summed E-state index contributed by atoms with van der Waals surface area (Å²) < 4.78 is 1.96. The van der Waals surface area contributed by atoms with Crippen LogP contribution < -0.4 is 5.32 Å². The van der Waals surface area contributed by atoms with Crippen molar-refractivity contribution in [1.82, 2.24) is 24.9 Å². The second-order valence-corrected chi connectivity index (χ2v) is 6.33. The third-order valence-electron chi connectivity index (χ3n) is 4.51. The molecule has 1 atom stereocenters. The van der Waals surface area contributed by atoms with Crippen molar-refractivity contribution in [2.45, 2.75) is 32.9 Å². The first kappa shape index (κ1) is 19.2. The minimum atomic E-state index is 0. The van der Waals surface area contributed by atoms with Crippen molar-refractivity contribution in [3.63, 3.8) is 0 Å². The fraction of sp³-hybridized carbons (Fsp3) is 0.647. The summed E-state index contributed by atoms with van der Waals surface area (Å²) in [5.74, 6) is 1.05. The number of nitrogens with one attached hydrogen (secondary N) is 1. The molecule has 7 heteroatoms. The van der Waals surface area contributed by atoms with Gasteiger partial charge >= 0.3 is 0 Å². The molecule has 1 N–H and O–H groups in total. The minimum absolute atomic E-state index is 0. The van der Waals surface area contributed by atoms with E-state index in [1.165, 1.54) is 12.0 Å². The van der Waals surface area contributed by atoms with E-state index in [9.17, 15) is 0 Å². The summed E-state index contributed by atoms with van der Waals surface area (Å²) in [6.07, 6.45) is 9.73. The fourth-order valence-corrected chi connectivity index (χ4v) is 3.30. The number of hydrogen-bond acceptors (Lipinski definition) is 3. The molecule has 1 aromatic rings. The minimum Gasteiger partial charge on any atom is -0.357 e. The Morgan fingerprint density at radius 2 is 2.17 bits per heavy atom. The molecule has 0 amide bonds. The van der Waals surface area contributed by atoms with Gasteiger partial charge in [0.1, 0.15) is 0 Å². The molecule has 0 saturated carbocycles. The standard InChI is InChI=1S/C17H28N6.HI/c1-3-18-17(19-7-11-23-13-15(2)12-20-23)22-10-6-16(14-22)21-8-4-5-9-21;/h4-5,12-13,16H,3,6-11,14H2,1-2H3,(H,18,19);1H. The van der Waals surface area contributed by atoms with Crippen LogP contribution in [0.25, 0.3) is 0 Å². The number of aliphatic imine (C=N–C) groups is 1.